The summed E-state index contributed by atoms with van der Waals surface area (Å²) in [5.41, 5.74) is 3.33. The number of hydrogen-bond donors (Lipinski definition) is 1. The molecule has 0 spiro atoms. The van der Waals surface area contributed by atoms with Crippen LogP contribution in [0.1, 0.15) is 33.5 Å². The van der Waals surface area contributed by atoms with Crippen molar-refractivity contribution >= 4 is 11.8 Å². The van der Waals surface area contributed by atoms with E-state index < -0.39 is 0 Å². The quantitative estimate of drug-likeness (QED) is 0.748. The molecule has 0 aliphatic carbocycles. The molecule has 1 heterocycles. The van der Waals surface area contributed by atoms with Gasteiger partial charge in [0.05, 0.1) is 7.11 Å². The standard InChI is InChI=1S/C13H15NO3/c1-7-6-10(17-3)8(2)12-9(7)4-5-11(15)14-13(12)16/h6H,4-5H2,1-3H3,(H,14,15,16). The van der Waals surface area contributed by atoms with Gasteiger partial charge in [-0.15, -0.1) is 0 Å². The number of amides is 2. The number of methoxy groups -OCH3 is 1. The zero-order valence-electron chi connectivity index (χ0n) is 10.2. The van der Waals surface area contributed by atoms with Crippen LogP contribution in [0, 0.1) is 13.8 Å². The Morgan fingerprint density at radius 3 is 2.59 bits per heavy atom. The maximum Gasteiger partial charge on any atom is 0.258 e. The molecule has 1 aromatic carbocycles. The van der Waals surface area contributed by atoms with E-state index in [9.17, 15) is 9.59 Å². The number of rotatable bonds is 1. The van der Waals surface area contributed by atoms with E-state index in [0.29, 0.717) is 24.2 Å². The molecule has 0 bridgehead atoms. The van der Waals surface area contributed by atoms with E-state index >= 15 is 0 Å². The van der Waals surface area contributed by atoms with Crippen LogP contribution in [0.5, 0.6) is 5.75 Å². The monoisotopic (exact) mass is 233 g/mol. The van der Waals surface area contributed by atoms with Crippen LogP contribution in [0.15, 0.2) is 6.07 Å². The van der Waals surface area contributed by atoms with Crippen LogP contribution in [-0.4, -0.2) is 18.9 Å². The third-order valence-corrected chi connectivity index (χ3v) is 3.17. The lowest BCUT2D eigenvalue weighted by Gasteiger charge is -2.14. The number of carbonyl (C=O) groups excluding carboxylic acids is 2. The number of nitrogens with one attached hydrogen (secondary N) is 1. The van der Waals surface area contributed by atoms with E-state index in [0.717, 1.165) is 16.7 Å². The van der Waals surface area contributed by atoms with Crippen LogP contribution in [-0.2, 0) is 11.2 Å². The minimum absolute atomic E-state index is 0.219. The van der Waals surface area contributed by atoms with E-state index in [1.165, 1.54) is 0 Å². The van der Waals surface area contributed by atoms with Gasteiger partial charge in [0, 0.05) is 17.5 Å². The van der Waals surface area contributed by atoms with Crippen LogP contribution in [0.3, 0.4) is 0 Å². The number of imide groups is 1. The smallest absolute Gasteiger partial charge is 0.258 e. The van der Waals surface area contributed by atoms with Crippen molar-refractivity contribution in [2.24, 2.45) is 0 Å². The fraction of sp³-hybridized carbons (Fsp3) is 0.385. The number of hydrogen-bond acceptors (Lipinski definition) is 3. The second kappa shape index (κ2) is 4.20. The number of benzene rings is 1. The largest absolute Gasteiger partial charge is 0.496 e. The molecule has 0 unspecified atom stereocenters. The number of carbonyl (C=O) groups is 2. The summed E-state index contributed by atoms with van der Waals surface area (Å²) in [6, 6.07) is 1.91. The van der Waals surface area contributed by atoms with Crippen LogP contribution < -0.4 is 10.1 Å². The van der Waals surface area contributed by atoms with Crippen molar-refractivity contribution in [2.75, 3.05) is 7.11 Å². The Morgan fingerprint density at radius 1 is 1.24 bits per heavy atom. The number of aryl methyl sites for hydroxylation is 1. The van der Waals surface area contributed by atoms with E-state index in [1.807, 2.05) is 19.9 Å². The normalized spacial score (nSPS) is 15.0. The fourth-order valence-electron chi connectivity index (χ4n) is 2.27. The van der Waals surface area contributed by atoms with Crippen LogP contribution in [0.2, 0.25) is 0 Å². The topological polar surface area (TPSA) is 55.4 Å². The SMILES string of the molecule is COc1cc(C)c2c(c1C)C(=O)NC(=O)CC2. The first kappa shape index (κ1) is 11.6. The van der Waals surface area contributed by atoms with Gasteiger partial charge in [0.15, 0.2) is 0 Å². The Kier molecular flexibility index (Phi) is 2.88. The van der Waals surface area contributed by atoms with E-state index in [4.69, 9.17) is 4.74 Å². The second-order valence-corrected chi connectivity index (χ2v) is 4.25. The average molecular weight is 233 g/mol. The molecule has 1 aliphatic rings. The van der Waals surface area contributed by atoms with Crippen molar-refractivity contribution in [3.05, 3.63) is 28.3 Å². The van der Waals surface area contributed by atoms with Crippen molar-refractivity contribution in [2.45, 2.75) is 26.7 Å². The van der Waals surface area contributed by atoms with Gasteiger partial charge in [-0.2, -0.15) is 0 Å². The van der Waals surface area contributed by atoms with E-state index in [1.54, 1.807) is 7.11 Å². The van der Waals surface area contributed by atoms with Gasteiger partial charge in [0.1, 0.15) is 5.75 Å². The highest BCUT2D eigenvalue weighted by atomic mass is 16.5. The first-order valence-corrected chi connectivity index (χ1v) is 5.56. The summed E-state index contributed by atoms with van der Waals surface area (Å²) in [5, 5.41) is 2.38. The summed E-state index contributed by atoms with van der Waals surface area (Å²) in [7, 11) is 1.58. The van der Waals surface area contributed by atoms with Crippen LogP contribution in [0.25, 0.3) is 0 Å². The maximum absolute atomic E-state index is 12.0. The molecule has 2 amide bonds. The third kappa shape index (κ3) is 1.90. The summed E-state index contributed by atoms with van der Waals surface area (Å²) in [4.78, 5) is 23.3. The molecule has 0 fully saturated rings. The molecule has 4 nitrogen and oxygen atoms in total. The fourth-order valence-corrected chi connectivity index (χ4v) is 2.27. The zero-order chi connectivity index (χ0) is 12.6. The molecule has 2 rings (SSSR count). The molecule has 1 N–H and O–H groups in total. The molecule has 90 valence electrons. The highest BCUT2D eigenvalue weighted by Crippen LogP contribution is 2.30. The van der Waals surface area contributed by atoms with Crippen molar-refractivity contribution in [1.82, 2.24) is 5.32 Å². The van der Waals surface area contributed by atoms with Gasteiger partial charge >= 0.3 is 0 Å². The maximum atomic E-state index is 12.0. The Hall–Kier alpha value is -1.84. The lowest BCUT2D eigenvalue weighted by Crippen LogP contribution is -2.29. The molecule has 1 aromatic rings. The third-order valence-electron chi connectivity index (χ3n) is 3.17. The lowest BCUT2D eigenvalue weighted by atomic mass is 9.93. The summed E-state index contributed by atoms with van der Waals surface area (Å²) in [5.74, 6) is 0.150. The van der Waals surface area contributed by atoms with E-state index in [2.05, 4.69) is 5.32 Å². The summed E-state index contributed by atoms with van der Waals surface area (Å²) in [6.07, 6.45) is 0.953. The van der Waals surface area contributed by atoms with E-state index in [-0.39, 0.29) is 11.8 Å². The summed E-state index contributed by atoms with van der Waals surface area (Å²) >= 11 is 0. The second-order valence-electron chi connectivity index (χ2n) is 4.25. The van der Waals surface area contributed by atoms with Crippen molar-refractivity contribution < 1.29 is 14.3 Å². The predicted molar refractivity (Wildman–Crippen MR) is 63.3 cm³/mol. The average Bonchev–Trinajstić information content (AvgIpc) is 2.43. The van der Waals surface area contributed by atoms with Gasteiger partial charge in [-0.1, -0.05) is 0 Å². The Labute approximate surface area is 100.0 Å². The summed E-state index contributed by atoms with van der Waals surface area (Å²) < 4.78 is 5.24. The highest BCUT2D eigenvalue weighted by Gasteiger charge is 2.24. The Morgan fingerprint density at radius 2 is 1.94 bits per heavy atom. The van der Waals surface area contributed by atoms with Crippen molar-refractivity contribution in [3.63, 3.8) is 0 Å². The Balaban J connectivity index is 2.66. The van der Waals surface area contributed by atoms with Crippen LogP contribution in [0.4, 0.5) is 0 Å². The molecule has 0 atom stereocenters. The predicted octanol–water partition coefficient (Wildman–Crippen LogP) is 1.51. The van der Waals surface area contributed by atoms with Crippen molar-refractivity contribution in [3.8, 4) is 5.75 Å². The first-order valence-electron chi connectivity index (χ1n) is 5.56. The van der Waals surface area contributed by atoms with Gasteiger partial charge in [0.2, 0.25) is 5.91 Å². The lowest BCUT2D eigenvalue weighted by molar-refractivity contribution is -0.119. The summed E-state index contributed by atoms with van der Waals surface area (Å²) in [6.45, 7) is 3.77. The Bertz CT molecular complexity index is 506. The molecule has 17 heavy (non-hydrogen) atoms. The minimum Gasteiger partial charge on any atom is -0.496 e. The molecular formula is C13H15NO3. The number of ether oxygens (including phenoxy) is 1. The first-order chi connectivity index (χ1) is 8.04. The van der Waals surface area contributed by atoms with Gasteiger partial charge in [0.25, 0.3) is 5.91 Å². The molecule has 0 aromatic heterocycles. The molecular weight excluding hydrogens is 218 g/mol. The molecule has 0 saturated heterocycles. The molecule has 4 heteroatoms. The van der Waals surface area contributed by atoms with Gasteiger partial charge < -0.3 is 4.74 Å². The van der Waals surface area contributed by atoms with Gasteiger partial charge in [-0.25, -0.2) is 0 Å². The van der Waals surface area contributed by atoms with Crippen LogP contribution >= 0.6 is 0 Å². The zero-order valence-corrected chi connectivity index (χ0v) is 10.2. The highest BCUT2D eigenvalue weighted by molar-refractivity contribution is 6.08. The van der Waals surface area contributed by atoms with Gasteiger partial charge in [-0.05, 0) is 37.5 Å². The van der Waals surface area contributed by atoms with Gasteiger partial charge in [-0.3, -0.25) is 14.9 Å². The molecule has 1 aliphatic heterocycles. The molecule has 0 saturated carbocycles. The number of fused-ring (bicyclic) bond motifs is 1. The molecule has 0 radical (unpaired) electrons. The van der Waals surface area contributed by atoms with Crippen molar-refractivity contribution in [1.29, 1.82) is 0 Å². The minimum atomic E-state index is -0.318.